The Morgan fingerprint density at radius 3 is 2.33 bits per heavy atom. The summed E-state index contributed by atoms with van der Waals surface area (Å²) in [6.07, 6.45) is 2.18. The van der Waals surface area contributed by atoms with Crippen LogP contribution in [0.2, 0.25) is 0 Å². The summed E-state index contributed by atoms with van der Waals surface area (Å²) in [6, 6.07) is 16.5. The van der Waals surface area contributed by atoms with E-state index in [4.69, 9.17) is 0 Å². The SMILES string of the molecule is C=c1cccc(C)c1=Cc1ccccc1. The Bertz CT molecular complexity index is 550. The van der Waals surface area contributed by atoms with Gasteiger partial charge >= 0.3 is 0 Å². The number of rotatable bonds is 1. The molecule has 0 spiro atoms. The molecule has 0 radical (unpaired) electrons. The van der Waals surface area contributed by atoms with E-state index in [0.29, 0.717) is 0 Å². The molecule has 0 amide bonds. The maximum absolute atomic E-state index is 4.05. The lowest BCUT2D eigenvalue weighted by molar-refractivity contribution is 1.37. The van der Waals surface area contributed by atoms with Crippen molar-refractivity contribution in [1.29, 1.82) is 0 Å². The van der Waals surface area contributed by atoms with Crippen molar-refractivity contribution >= 4 is 12.7 Å². The second kappa shape index (κ2) is 4.14. The predicted octanol–water partition coefficient (Wildman–Crippen LogP) is 2.23. The van der Waals surface area contributed by atoms with E-state index in [2.05, 4.69) is 37.8 Å². The van der Waals surface area contributed by atoms with Crippen molar-refractivity contribution in [2.75, 3.05) is 0 Å². The van der Waals surface area contributed by atoms with Gasteiger partial charge in [-0.1, -0.05) is 55.1 Å². The molecule has 2 aromatic carbocycles. The van der Waals surface area contributed by atoms with Gasteiger partial charge in [0, 0.05) is 0 Å². The van der Waals surface area contributed by atoms with Gasteiger partial charge in [-0.25, -0.2) is 0 Å². The van der Waals surface area contributed by atoms with E-state index in [0.717, 1.165) is 5.22 Å². The van der Waals surface area contributed by atoms with Crippen LogP contribution in [0.1, 0.15) is 11.1 Å². The van der Waals surface area contributed by atoms with Crippen molar-refractivity contribution in [3.63, 3.8) is 0 Å². The van der Waals surface area contributed by atoms with E-state index in [9.17, 15) is 0 Å². The molecule has 0 heterocycles. The summed E-state index contributed by atoms with van der Waals surface area (Å²) in [5.74, 6) is 0. The van der Waals surface area contributed by atoms with E-state index in [1.807, 2.05) is 30.3 Å². The monoisotopic (exact) mass is 194 g/mol. The van der Waals surface area contributed by atoms with Gasteiger partial charge in [0.1, 0.15) is 0 Å². The minimum Gasteiger partial charge on any atom is -0.0911 e. The van der Waals surface area contributed by atoms with Crippen molar-refractivity contribution in [2.45, 2.75) is 6.92 Å². The highest BCUT2D eigenvalue weighted by Crippen LogP contribution is 1.98. The molecule has 0 fully saturated rings. The topological polar surface area (TPSA) is 0 Å². The number of benzene rings is 2. The molecule has 0 aromatic heterocycles. The summed E-state index contributed by atoms with van der Waals surface area (Å²) in [7, 11) is 0. The van der Waals surface area contributed by atoms with Crippen molar-refractivity contribution in [3.05, 3.63) is 70.1 Å². The molecular formula is C15H14. The first kappa shape index (κ1) is 9.72. The van der Waals surface area contributed by atoms with Crippen LogP contribution in [0.15, 0.2) is 48.5 Å². The first-order chi connectivity index (χ1) is 7.27. The summed E-state index contributed by atoms with van der Waals surface area (Å²) >= 11 is 0. The number of hydrogen-bond donors (Lipinski definition) is 0. The molecule has 0 saturated heterocycles. The predicted molar refractivity (Wildman–Crippen MR) is 66.0 cm³/mol. The van der Waals surface area contributed by atoms with Crippen LogP contribution < -0.4 is 10.4 Å². The molecule has 0 atom stereocenters. The minimum atomic E-state index is 1.08. The Morgan fingerprint density at radius 1 is 0.933 bits per heavy atom. The second-order valence-corrected chi connectivity index (χ2v) is 3.70. The van der Waals surface area contributed by atoms with Gasteiger partial charge in [-0.05, 0) is 34.6 Å². The zero-order chi connectivity index (χ0) is 10.7. The van der Waals surface area contributed by atoms with E-state index in [1.54, 1.807) is 0 Å². The summed E-state index contributed by atoms with van der Waals surface area (Å²) in [5.41, 5.74) is 2.49. The van der Waals surface area contributed by atoms with Gasteiger partial charge in [0.05, 0.1) is 0 Å². The quantitative estimate of drug-likeness (QED) is 0.653. The van der Waals surface area contributed by atoms with Gasteiger partial charge in [0.15, 0.2) is 0 Å². The average molecular weight is 194 g/mol. The van der Waals surface area contributed by atoms with Gasteiger partial charge in [-0.2, -0.15) is 0 Å². The Labute approximate surface area is 90.2 Å². The molecule has 74 valence electrons. The molecule has 0 nitrogen and oxygen atoms in total. The van der Waals surface area contributed by atoms with Gasteiger partial charge in [-0.3, -0.25) is 0 Å². The van der Waals surface area contributed by atoms with Gasteiger partial charge < -0.3 is 0 Å². The Balaban J connectivity index is 2.65. The third-order valence-electron chi connectivity index (χ3n) is 2.53. The van der Waals surface area contributed by atoms with E-state index >= 15 is 0 Å². The molecule has 2 aromatic rings. The molecule has 15 heavy (non-hydrogen) atoms. The fourth-order valence-electron chi connectivity index (χ4n) is 1.66. The van der Waals surface area contributed by atoms with Gasteiger partial charge in [0.2, 0.25) is 0 Å². The summed E-state index contributed by atoms with van der Waals surface area (Å²) < 4.78 is 0. The Kier molecular flexibility index (Phi) is 2.68. The van der Waals surface area contributed by atoms with Gasteiger partial charge in [-0.15, -0.1) is 0 Å². The standard InChI is InChI=1S/C15H14/c1-12-7-6-8-13(2)15(12)11-14-9-4-3-5-10-14/h3-11H,1H2,2H3. The highest BCUT2D eigenvalue weighted by molar-refractivity contribution is 5.50. The number of hydrogen-bond acceptors (Lipinski definition) is 0. The molecule has 0 unspecified atom stereocenters. The lowest BCUT2D eigenvalue weighted by Crippen LogP contribution is -2.25. The Morgan fingerprint density at radius 2 is 1.67 bits per heavy atom. The molecule has 0 heteroatoms. The summed E-state index contributed by atoms with van der Waals surface area (Å²) in [4.78, 5) is 0. The lowest BCUT2D eigenvalue weighted by Gasteiger charge is -1.96. The average Bonchev–Trinajstić information content (AvgIpc) is 2.25. The van der Waals surface area contributed by atoms with E-state index in [1.165, 1.54) is 16.3 Å². The minimum absolute atomic E-state index is 1.08. The molecule has 0 bridgehead atoms. The highest BCUT2D eigenvalue weighted by atomic mass is 13.9. The molecular weight excluding hydrogens is 180 g/mol. The van der Waals surface area contributed by atoms with Crippen molar-refractivity contribution in [3.8, 4) is 0 Å². The largest absolute Gasteiger partial charge is 0.0911 e. The molecule has 0 aliphatic carbocycles. The van der Waals surface area contributed by atoms with Crippen LogP contribution in [0.4, 0.5) is 0 Å². The summed E-state index contributed by atoms with van der Waals surface area (Å²) in [5, 5.41) is 2.31. The normalized spacial score (nSPS) is 11.7. The van der Waals surface area contributed by atoms with Crippen molar-refractivity contribution in [1.82, 2.24) is 0 Å². The van der Waals surface area contributed by atoms with Crippen LogP contribution in [-0.2, 0) is 0 Å². The lowest BCUT2D eigenvalue weighted by atomic mass is 10.1. The smallest absolute Gasteiger partial charge is 0.0155 e. The fraction of sp³-hybridized carbons (Fsp3) is 0.0667. The third kappa shape index (κ3) is 2.16. The second-order valence-electron chi connectivity index (χ2n) is 3.70. The first-order valence-electron chi connectivity index (χ1n) is 5.09. The van der Waals surface area contributed by atoms with Crippen LogP contribution in [-0.4, -0.2) is 0 Å². The zero-order valence-corrected chi connectivity index (χ0v) is 8.90. The van der Waals surface area contributed by atoms with Crippen LogP contribution >= 0.6 is 0 Å². The van der Waals surface area contributed by atoms with Crippen LogP contribution in [0.3, 0.4) is 0 Å². The molecule has 0 N–H and O–H groups in total. The fourth-order valence-corrected chi connectivity index (χ4v) is 1.66. The Hall–Kier alpha value is -1.82. The maximum Gasteiger partial charge on any atom is -0.0155 e. The van der Waals surface area contributed by atoms with E-state index in [-0.39, 0.29) is 0 Å². The van der Waals surface area contributed by atoms with Crippen LogP contribution in [0.5, 0.6) is 0 Å². The molecule has 0 saturated carbocycles. The zero-order valence-electron chi connectivity index (χ0n) is 8.90. The maximum atomic E-state index is 4.05. The summed E-state index contributed by atoms with van der Waals surface area (Å²) in [6.45, 7) is 6.16. The highest BCUT2D eigenvalue weighted by Gasteiger charge is 1.90. The first-order valence-corrected chi connectivity index (χ1v) is 5.09. The third-order valence-corrected chi connectivity index (χ3v) is 2.53. The molecule has 2 rings (SSSR count). The number of aryl methyl sites for hydroxylation is 1. The molecule has 0 aliphatic heterocycles. The van der Waals surface area contributed by atoms with Crippen molar-refractivity contribution in [2.24, 2.45) is 0 Å². The van der Waals surface area contributed by atoms with Crippen molar-refractivity contribution < 1.29 is 0 Å². The van der Waals surface area contributed by atoms with Crippen LogP contribution in [0, 0.1) is 6.92 Å². The van der Waals surface area contributed by atoms with Gasteiger partial charge in [0.25, 0.3) is 0 Å². The molecule has 0 aliphatic rings. The van der Waals surface area contributed by atoms with Crippen LogP contribution in [0.25, 0.3) is 12.7 Å². The van der Waals surface area contributed by atoms with E-state index < -0.39 is 0 Å².